The van der Waals surface area contributed by atoms with E-state index in [4.69, 9.17) is 4.42 Å². The zero-order valence-corrected chi connectivity index (χ0v) is 24.2. The highest BCUT2D eigenvalue weighted by Gasteiger charge is 2.27. The summed E-state index contributed by atoms with van der Waals surface area (Å²) in [6, 6.07) is 13.5. The number of aliphatic hydroxyl groups excluding tert-OH is 1. The van der Waals surface area contributed by atoms with E-state index >= 15 is 0 Å². The molecule has 1 saturated heterocycles. The summed E-state index contributed by atoms with van der Waals surface area (Å²) in [5, 5.41) is 16.9. The predicted octanol–water partition coefficient (Wildman–Crippen LogP) is 3.06. The van der Waals surface area contributed by atoms with Crippen LogP contribution in [0.2, 0.25) is 0 Å². The lowest BCUT2D eigenvalue weighted by Gasteiger charge is -2.34. The third kappa shape index (κ3) is 9.45. The monoisotopic (exact) mass is 596 g/mol. The highest BCUT2D eigenvalue weighted by molar-refractivity contribution is 5.91. The van der Waals surface area contributed by atoms with Gasteiger partial charge in [0.1, 0.15) is 11.6 Å². The van der Waals surface area contributed by atoms with E-state index in [1.54, 1.807) is 21.9 Å². The van der Waals surface area contributed by atoms with Crippen LogP contribution in [0.5, 0.6) is 0 Å². The molecule has 0 radical (unpaired) electrons. The van der Waals surface area contributed by atoms with Gasteiger partial charge in [-0.1, -0.05) is 31.2 Å². The highest BCUT2D eigenvalue weighted by atomic mass is 19.1. The number of piperazine rings is 1. The maximum absolute atomic E-state index is 13.8. The first-order valence-corrected chi connectivity index (χ1v) is 14.5. The topological polar surface area (TPSA) is 115 Å². The van der Waals surface area contributed by atoms with Gasteiger partial charge in [0.05, 0.1) is 18.4 Å². The van der Waals surface area contributed by atoms with Gasteiger partial charge in [0.2, 0.25) is 11.8 Å². The molecule has 1 aliphatic rings. The smallest absolute Gasteiger partial charge is 0.289 e. The largest absolute Gasteiger partial charge is 0.459 e. The van der Waals surface area contributed by atoms with Crippen molar-refractivity contribution >= 4 is 17.7 Å². The van der Waals surface area contributed by atoms with Crippen LogP contribution in [-0.2, 0) is 29.0 Å². The Bertz CT molecular complexity index is 1360. The van der Waals surface area contributed by atoms with Crippen LogP contribution in [0.4, 0.5) is 8.78 Å². The number of amides is 3. The number of nitrogens with zero attached hydrogens (tertiary/aromatic N) is 2. The molecule has 0 bridgehead atoms. The molecule has 43 heavy (non-hydrogen) atoms. The number of carbonyl (C=O) groups excluding carboxylic acids is 3. The fourth-order valence-electron chi connectivity index (χ4n) is 5.10. The molecule has 11 heteroatoms. The summed E-state index contributed by atoms with van der Waals surface area (Å²) < 4.78 is 32.9. The van der Waals surface area contributed by atoms with Crippen molar-refractivity contribution in [1.29, 1.82) is 0 Å². The van der Waals surface area contributed by atoms with Gasteiger partial charge in [-0.3, -0.25) is 14.4 Å². The Morgan fingerprint density at radius 1 is 0.907 bits per heavy atom. The summed E-state index contributed by atoms with van der Waals surface area (Å²) in [7, 11) is 0. The van der Waals surface area contributed by atoms with Crippen molar-refractivity contribution in [3.63, 3.8) is 0 Å². The summed E-state index contributed by atoms with van der Waals surface area (Å²) in [4.78, 5) is 41.4. The van der Waals surface area contributed by atoms with Gasteiger partial charge in [0.15, 0.2) is 5.76 Å². The minimum Gasteiger partial charge on any atom is -0.459 e. The van der Waals surface area contributed by atoms with Crippen molar-refractivity contribution in [3.05, 3.63) is 94.9 Å². The summed E-state index contributed by atoms with van der Waals surface area (Å²) in [5.74, 6) is -2.17. The van der Waals surface area contributed by atoms with Gasteiger partial charge in [-0.05, 0) is 53.8 Å². The molecule has 0 aliphatic carbocycles. The van der Waals surface area contributed by atoms with Crippen LogP contribution in [0.25, 0.3) is 0 Å². The fourth-order valence-corrected chi connectivity index (χ4v) is 5.10. The average molecular weight is 597 g/mol. The highest BCUT2D eigenvalue weighted by Crippen LogP contribution is 2.14. The molecule has 2 aromatic carbocycles. The van der Waals surface area contributed by atoms with Crippen molar-refractivity contribution in [2.45, 2.75) is 51.3 Å². The minimum absolute atomic E-state index is 0.00576. The van der Waals surface area contributed by atoms with Gasteiger partial charge in [0.25, 0.3) is 5.91 Å². The maximum Gasteiger partial charge on any atom is 0.289 e. The van der Waals surface area contributed by atoms with Crippen LogP contribution in [0.1, 0.15) is 47.0 Å². The number of nitrogens with one attached hydrogen (secondary N) is 2. The number of rotatable bonds is 13. The predicted molar refractivity (Wildman–Crippen MR) is 156 cm³/mol. The molecule has 0 unspecified atom stereocenters. The van der Waals surface area contributed by atoms with E-state index in [2.05, 4.69) is 23.6 Å². The van der Waals surface area contributed by atoms with Crippen LogP contribution in [0.3, 0.4) is 0 Å². The van der Waals surface area contributed by atoms with Gasteiger partial charge in [-0.2, -0.15) is 0 Å². The Morgan fingerprint density at radius 2 is 1.60 bits per heavy atom. The second-order valence-electron chi connectivity index (χ2n) is 10.7. The second-order valence-corrected chi connectivity index (χ2v) is 10.7. The quantitative estimate of drug-likeness (QED) is 0.280. The van der Waals surface area contributed by atoms with Crippen LogP contribution in [-0.4, -0.2) is 77.5 Å². The molecule has 0 saturated carbocycles. The van der Waals surface area contributed by atoms with Gasteiger partial charge >= 0.3 is 0 Å². The molecule has 3 aromatic rings. The van der Waals surface area contributed by atoms with Crippen molar-refractivity contribution in [3.8, 4) is 0 Å². The number of carbonyl (C=O) groups is 3. The van der Waals surface area contributed by atoms with E-state index < -0.39 is 29.7 Å². The lowest BCUT2D eigenvalue weighted by Crippen LogP contribution is -2.51. The van der Waals surface area contributed by atoms with Crippen molar-refractivity contribution in [1.82, 2.24) is 20.4 Å². The normalized spacial score (nSPS) is 14.8. The minimum atomic E-state index is -1.07. The summed E-state index contributed by atoms with van der Waals surface area (Å²) in [5.41, 5.74) is 2.52. The van der Waals surface area contributed by atoms with Gasteiger partial charge in [-0.25, -0.2) is 8.78 Å². The standard InChI is InChI=1S/C32H38F2N4O5/c1-2-22-5-3-6-23(15-22)20-35-21-28(39)27(18-24-16-25(33)19-26(34)17-24)36-30(40)8-9-31(41)37-10-12-38(13-11-37)32(42)29-7-4-14-43-29/h3-7,14-17,19,27-28,35,39H,2,8-13,18,20-21H2,1H3,(H,36,40)/t27-,28+/m0/s1. The first-order chi connectivity index (χ1) is 20.7. The third-order valence-corrected chi connectivity index (χ3v) is 7.49. The van der Waals surface area contributed by atoms with Crippen LogP contribution >= 0.6 is 0 Å². The molecular formula is C32H38F2N4O5. The molecular weight excluding hydrogens is 558 g/mol. The van der Waals surface area contributed by atoms with E-state index in [0.717, 1.165) is 18.1 Å². The summed E-state index contributed by atoms with van der Waals surface area (Å²) in [6.07, 6.45) is 1.08. The number of aryl methyl sites for hydroxylation is 1. The van der Waals surface area contributed by atoms with Crippen molar-refractivity contribution in [2.75, 3.05) is 32.7 Å². The Balaban J connectivity index is 1.29. The molecule has 2 heterocycles. The average Bonchev–Trinajstić information content (AvgIpc) is 3.54. The Morgan fingerprint density at radius 3 is 2.28 bits per heavy atom. The molecule has 230 valence electrons. The van der Waals surface area contributed by atoms with E-state index in [1.807, 2.05) is 18.2 Å². The van der Waals surface area contributed by atoms with E-state index in [1.165, 1.54) is 24.0 Å². The van der Waals surface area contributed by atoms with Crippen molar-refractivity contribution in [2.24, 2.45) is 0 Å². The Labute approximate surface area is 249 Å². The second kappa shape index (κ2) is 15.4. The molecule has 3 N–H and O–H groups in total. The maximum atomic E-state index is 13.8. The first kappa shape index (κ1) is 31.8. The van der Waals surface area contributed by atoms with Crippen LogP contribution < -0.4 is 10.6 Å². The summed E-state index contributed by atoms with van der Waals surface area (Å²) in [6.45, 7) is 4.07. The zero-order valence-electron chi connectivity index (χ0n) is 24.2. The lowest BCUT2D eigenvalue weighted by molar-refractivity contribution is -0.135. The molecule has 9 nitrogen and oxygen atoms in total. The number of aliphatic hydroxyl groups is 1. The number of halogens is 2. The fraction of sp³-hybridized carbons (Fsp3) is 0.406. The number of hydrogen-bond acceptors (Lipinski definition) is 6. The Hall–Kier alpha value is -4.09. The molecule has 2 atom stereocenters. The number of furan rings is 1. The Kier molecular flexibility index (Phi) is 11.4. The lowest BCUT2D eigenvalue weighted by atomic mass is 10.00. The zero-order chi connectivity index (χ0) is 30.8. The molecule has 1 fully saturated rings. The van der Waals surface area contributed by atoms with Gasteiger partial charge in [-0.15, -0.1) is 0 Å². The van der Waals surface area contributed by atoms with Gasteiger partial charge < -0.3 is 30.0 Å². The van der Waals surface area contributed by atoms with Crippen molar-refractivity contribution < 1.29 is 32.7 Å². The van der Waals surface area contributed by atoms with E-state index in [0.29, 0.717) is 32.7 Å². The molecule has 1 aliphatic heterocycles. The SMILES string of the molecule is CCc1cccc(CNC[C@@H](O)[C@H](Cc2cc(F)cc(F)c2)NC(=O)CCC(=O)N2CCN(C(=O)c3ccco3)CC2)c1. The van der Waals surface area contributed by atoms with Crippen LogP contribution in [0.15, 0.2) is 65.3 Å². The molecule has 1 aromatic heterocycles. The summed E-state index contributed by atoms with van der Waals surface area (Å²) >= 11 is 0. The van der Waals surface area contributed by atoms with E-state index in [-0.39, 0.29) is 48.9 Å². The first-order valence-electron chi connectivity index (χ1n) is 14.5. The molecule has 3 amide bonds. The number of benzene rings is 2. The molecule has 4 rings (SSSR count). The number of hydrogen-bond donors (Lipinski definition) is 3. The van der Waals surface area contributed by atoms with Crippen LogP contribution in [0, 0.1) is 11.6 Å². The van der Waals surface area contributed by atoms with E-state index in [9.17, 15) is 28.3 Å². The third-order valence-electron chi connectivity index (χ3n) is 7.49. The van der Waals surface area contributed by atoms with Gasteiger partial charge in [0, 0.05) is 58.2 Å². The molecule has 0 spiro atoms.